The smallest absolute Gasteiger partial charge is 0.405 e. The van der Waals surface area contributed by atoms with Gasteiger partial charge in [0.15, 0.2) is 0 Å². The maximum absolute atomic E-state index is 13.6. The topological polar surface area (TPSA) is 70.1 Å². The van der Waals surface area contributed by atoms with Gasteiger partial charge in [0.2, 0.25) is 0 Å². The summed E-state index contributed by atoms with van der Waals surface area (Å²) in [6.07, 6.45) is 1.51. The standard InChI is InChI=1S/C28H30FN3O2.ClH/c1-18-19(2)32(17-21-8-6-5-7-9-21)26-23(14-15-31-25(18)26)24(28(3,4)34-27(30)33)16-20-10-12-22(29)13-11-20;/h5-15,24H,16-17H2,1-4H3,(H2,30,33);1H. The Morgan fingerprint density at radius 1 is 1.06 bits per heavy atom. The summed E-state index contributed by atoms with van der Waals surface area (Å²) in [7, 11) is 0. The fourth-order valence-electron chi connectivity index (χ4n) is 4.73. The number of nitrogens with two attached hydrogens (primary N) is 1. The van der Waals surface area contributed by atoms with Crippen LogP contribution >= 0.6 is 12.4 Å². The molecule has 0 bridgehead atoms. The third-order valence-electron chi connectivity index (χ3n) is 6.64. The zero-order valence-corrected chi connectivity index (χ0v) is 21.2. The molecule has 2 N–H and O–H groups in total. The van der Waals surface area contributed by atoms with Crippen molar-refractivity contribution >= 4 is 29.5 Å². The van der Waals surface area contributed by atoms with Gasteiger partial charge in [-0.2, -0.15) is 0 Å². The first-order valence-corrected chi connectivity index (χ1v) is 11.4. The van der Waals surface area contributed by atoms with Crippen LogP contribution in [0.5, 0.6) is 0 Å². The second-order valence-electron chi connectivity index (χ2n) is 9.29. The van der Waals surface area contributed by atoms with Crippen molar-refractivity contribution in [1.82, 2.24) is 9.55 Å². The van der Waals surface area contributed by atoms with Crippen molar-refractivity contribution in [3.8, 4) is 0 Å². The molecule has 7 heteroatoms. The molecule has 2 aromatic heterocycles. The molecule has 1 amide bonds. The highest BCUT2D eigenvalue weighted by Gasteiger charge is 2.36. The van der Waals surface area contributed by atoms with Crippen molar-refractivity contribution in [1.29, 1.82) is 0 Å². The van der Waals surface area contributed by atoms with Gasteiger partial charge in [-0.1, -0.05) is 42.5 Å². The minimum atomic E-state index is -0.918. The van der Waals surface area contributed by atoms with Crippen LogP contribution in [0.1, 0.15) is 47.7 Å². The van der Waals surface area contributed by atoms with E-state index >= 15 is 0 Å². The van der Waals surface area contributed by atoms with Crippen molar-refractivity contribution in [2.45, 2.75) is 52.2 Å². The van der Waals surface area contributed by atoms with E-state index < -0.39 is 11.7 Å². The van der Waals surface area contributed by atoms with E-state index in [1.165, 1.54) is 17.7 Å². The van der Waals surface area contributed by atoms with E-state index in [2.05, 4.69) is 30.5 Å². The van der Waals surface area contributed by atoms with Gasteiger partial charge in [-0.3, -0.25) is 4.98 Å². The van der Waals surface area contributed by atoms with E-state index in [9.17, 15) is 9.18 Å². The molecule has 2 heterocycles. The number of carbonyl (C=O) groups is 1. The molecule has 0 spiro atoms. The minimum absolute atomic E-state index is 0. The second-order valence-corrected chi connectivity index (χ2v) is 9.29. The molecule has 0 fully saturated rings. The molecule has 0 saturated carbocycles. The van der Waals surface area contributed by atoms with Gasteiger partial charge in [-0.25, -0.2) is 9.18 Å². The molecule has 35 heavy (non-hydrogen) atoms. The van der Waals surface area contributed by atoms with E-state index in [0.717, 1.165) is 33.4 Å². The quantitative estimate of drug-likeness (QED) is 0.319. The largest absolute Gasteiger partial charge is 0.443 e. The Balaban J connectivity index is 0.00000342. The number of aromatic nitrogens is 2. The first-order valence-electron chi connectivity index (χ1n) is 11.4. The van der Waals surface area contributed by atoms with Crippen LogP contribution in [0.3, 0.4) is 0 Å². The number of ether oxygens (including phenoxy) is 1. The molecule has 0 saturated heterocycles. The van der Waals surface area contributed by atoms with Gasteiger partial charge in [-0.15, -0.1) is 12.4 Å². The van der Waals surface area contributed by atoms with Crippen molar-refractivity contribution in [2.75, 3.05) is 0 Å². The third kappa shape index (κ3) is 5.49. The Kier molecular flexibility index (Phi) is 7.86. The van der Waals surface area contributed by atoms with Crippen LogP contribution in [0.4, 0.5) is 9.18 Å². The summed E-state index contributed by atoms with van der Waals surface area (Å²) in [5.41, 5.74) is 11.8. The van der Waals surface area contributed by atoms with Gasteiger partial charge < -0.3 is 15.0 Å². The van der Waals surface area contributed by atoms with Crippen molar-refractivity contribution in [3.05, 3.63) is 101 Å². The Labute approximate surface area is 211 Å². The van der Waals surface area contributed by atoms with Gasteiger partial charge in [-0.05, 0) is 74.6 Å². The second kappa shape index (κ2) is 10.5. The normalized spacial score (nSPS) is 12.3. The summed E-state index contributed by atoms with van der Waals surface area (Å²) in [6, 6.07) is 18.7. The molecule has 0 aliphatic rings. The molecule has 2 aromatic carbocycles. The van der Waals surface area contributed by atoms with Gasteiger partial charge >= 0.3 is 6.09 Å². The van der Waals surface area contributed by atoms with Gasteiger partial charge in [0, 0.05) is 24.4 Å². The summed E-state index contributed by atoms with van der Waals surface area (Å²) in [5, 5.41) is 0. The molecule has 4 rings (SSSR count). The summed E-state index contributed by atoms with van der Waals surface area (Å²) >= 11 is 0. The van der Waals surface area contributed by atoms with Crippen LogP contribution < -0.4 is 5.73 Å². The van der Waals surface area contributed by atoms with Crippen molar-refractivity contribution in [3.63, 3.8) is 0 Å². The van der Waals surface area contributed by atoms with E-state index in [0.29, 0.717) is 13.0 Å². The lowest BCUT2D eigenvalue weighted by Crippen LogP contribution is -2.38. The fraction of sp³-hybridized carbons (Fsp3) is 0.286. The predicted molar refractivity (Wildman–Crippen MR) is 140 cm³/mol. The number of halogens is 2. The molecule has 184 valence electrons. The predicted octanol–water partition coefficient (Wildman–Crippen LogP) is 6.46. The summed E-state index contributed by atoms with van der Waals surface area (Å²) in [5.74, 6) is -0.540. The number of aryl methyl sites for hydroxylation is 1. The molecule has 0 aliphatic heterocycles. The molecule has 5 nitrogen and oxygen atoms in total. The lowest BCUT2D eigenvalue weighted by atomic mass is 9.79. The van der Waals surface area contributed by atoms with E-state index in [1.807, 2.05) is 38.1 Å². The molecule has 1 atom stereocenters. The van der Waals surface area contributed by atoms with Crippen molar-refractivity contribution < 1.29 is 13.9 Å². The molecule has 4 aromatic rings. The third-order valence-corrected chi connectivity index (χ3v) is 6.64. The van der Waals surface area contributed by atoms with Gasteiger partial charge in [0.25, 0.3) is 0 Å². The number of hydrogen-bond donors (Lipinski definition) is 1. The molecule has 0 radical (unpaired) electrons. The van der Waals surface area contributed by atoms with Gasteiger partial charge in [0.1, 0.15) is 11.4 Å². The van der Waals surface area contributed by atoms with E-state index in [1.54, 1.807) is 18.3 Å². The highest BCUT2D eigenvalue weighted by atomic mass is 35.5. The summed E-state index contributed by atoms with van der Waals surface area (Å²) in [4.78, 5) is 16.5. The van der Waals surface area contributed by atoms with E-state index in [4.69, 9.17) is 15.5 Å². The molecule has 0 aliphatic carbocycles. The maximum atomic E-state index is 13.6. The SMILES string of the molecule is Cc1c(C)n(Cc2ccccc2)c2c(C(Cc3ccc(F)cc3)C(C)(C)OC(N)=O)ccnc12.Cl. The number of rotatable bonds is 7. The average molecular weight is 496 g/mol. The van der Waals surface area contributed by atoms with Gasteiger partial charge in [0.05, 0.1) is 11.0 Å². The number of amides is 1. The van der Waals surface area contributed by atoms with E-state index in [-0.39, 0.29) is 24.1 Å². The highest BCUT2D eigenvalue weighted by molar-refractivity contribution is 5.85. The minimum Gasteiger partial charge on any atom is -0.443 e. The highest BCUT2D eigenvalue weighted by Crippen LogP contribution is 2.39. The number of primary amides is 1. The van der Waals surface area contributed by atoms with Crippen LogP contribution in [-0.2, 0) is 17.7 Å². The van der Waals surface area contributed by atoms with Crippen molar-refractivity contribution in [2.24, 2.45) is 5.73 Å². The van der Waals surface area contributed by atoms with Crippen LogP contribution in [-0.4, -0.2) is 21.2 Å². The first-order chi connectivity index (χ1) is 16.2. The number of pyridine rings is 1. The fourth-order valence-corrected chi connectivity index (χ4v) is 4.73. The number of fused-ring (bicyclic) bond motifs is 1. The summed E-state index contributed by atoms with van der Waals surface area (Å²) in [6.45, 7) is 8.60. The zero-order chi connectivity index (χ0) is 24.5. The Morgan fingerprint density at radius 3 is 2.34 bits per heavy atom. The van der Waals surface area contributed by atoms with Crippen LogP contribution in [0, 0.1) is 19.7 Å². The lowest BCUT2D eigenvalue weighted by molar-refractivity contribution is 0.0239. The molecular weight excluding hydrogens is 465 g/mol. The Bertz CT molecular complexity index is 1320. The average Bonchev–Trinajstić information content (AvgIpc) is 3.03. The number of carbonyl (C=O) groups excluding carboxylic acids is 1. The zero-order valence-electron chi connectivity index (χ0n) is 20.4. The van der Waals surface area contributed by atoms with Crippen LogP contribution in [0.25, 0.3) is 11.0 Å². The van der Waals surface area contributed by atoms with Crippen LogP contribution in [0.2, 0.25) is 0 Å². The Hall–Kier alpha value is -3.38. The lowest BCUT2D eigenvalue weighted by Gasteiger charge is -2.34. The molecular formula is C28H31ClFN3O2. The van der Waals surface area contributed by atoms with Crippen LogP contribution in [0.15, 0.2) is 66.9 Å². The first kappa shape index (κ1) is 26.2. The number of hydrogen-bond acceptors (Lipinski definition) is 3. The summed E-state index contributed by atoms with van der Waals surface area (Å²) < 4.78 is 21.5. The Morgan fingerprint density at radius 2 is 1.71 bits per heavy atom. The molecule has 1 unspecified atom stereocenters. The number of nitrogens with zero attached hydrogens (tertiary/aromatic N) is 2. The maximum Gasteiger partial charge on any atom is 0.405 e. The monoisotopic (exact) mass is 495 g/mol. The number of benzene rings is 2.